The Labute approximate surface area is 86.8 Å². The van der Waals surface area contributed by atoms with Gasteiger partial charge in [-0.3, -0.25) is 14.4 Å². The molecule has 0 fully saturated rings. The number of hydrogen-bond acceptors (Lipinski definition) is 4. The monoisotopic (exact) mass is 218 g/mol. The summed E-state index contributed by atoms with van der Waals surface area (Å²) in [5.41, 5.74) is 0. The zero-order chi connectivity index (χ0) is 12.0. The molecule has 0 aromatic heterocycles. The molecule has 2 N–H and O–H groups in total. The zero-order valence-corrected chi connectivity index (χ0v) is 8.60. The molecule has 0 spiro atoms. The Morgan fingerprint density at radius 2 is 1.80 bits per heavy atom. The summed E-state index contributed by atoms with van der Waals surface area (Å²) in [6, 6.07) is 0. The third-order valence-electron chi connectivity index (χ3n) is 1.90. The average Bonchev–Trinajstić information content (AvgIpc) is 2.01. The summed E-state index contributed by atoms with van der Waals surface area (Å²) in [6.45, 7) is 2.71. The highest BCUT2D eigenvalue weighted by Crippen LogP contribution is 2.16. The van der Waals surface area contributed by atoms with Crippen LogP contribution >= 0.6 is 0 Å². The van der Waals surface area contributed by atoms with Gasteiger partial charge >= 0.3 is 17.9 Å². The molecule has 0 heterocycles. The lowest BCUT2D eigenvalue weighted by Crippen LogP contribution is -2.33. The Morgan fingerprint density at radius 3 is 2.07 bits per heavy atom. The van der Waals surface area contributed by atoms with Crippen LogP contribution in [-0.2, 0) is 19.1 Å². The molecule has 0 aliphatic rings. The molecule has 2 unspecified atom stereocenters. The molecule has 0 aromatic rings. The predicted octanol–water partition coefficient (Wildman–Crippen LogP) is 0.504. The molecule has 15 heavy (non-hydrogen) atoms. The lowest BCUT2D eigenvalue weighted by atomic mass is 9.97. The Hall–Kier alpha value is -1.59. The van der Waals surface area contributed by atoms with Gasteiger partial charge in [-0.05, 0) is 6.42 Å². The van der Waals surface area contributed by atoms with E-state index in [-0.39, 0.29) is 6.42 Å². The molecule has 0 bridgehead atoms. The molecule has 6 nitrogen and oxygen atoms in total. The van der Waals surface area contributed by atoms with Crippen molar-refractivity contribution in [2.24, 2.45) is 5.92 Å². The van der Waals surface area contributed by atoms with Gasteiger partial charge in [0.25, 0.3) is 0 Å². The summed E-state index contributed by atoms with van der Waals surface area (Å²) in [5, 5.41) is 17.3. The van der Waals surface area contributed by atoms with Crippen molar-refractivity contribution in [3.8, 4) is 0 Å². The van der Waals surface area contributed by atoms with E-state index in [2.05, 4.69) is 4.74 Å². The van der Waals surface area contributed by atoms with Crippen LogP contribution in [0.25, 0.3) is 0 Å². The summed E-state index contributed by atoms with van der Waals surface area (Å²) in [4.78, 5) is 31.9. The maximum atomic E-state index is 10.8. The molecule has 86 valence electrons. The first-order valence-corrected chi connectivity index (χ1v) is 4.50. The van der Waals surface area contributed by atoms with Gasteiger partial charge in [0.2, 0.25) is 0 Å². The van der Waals surface area contributed by atoms with E-state index in [4.69, 9.17) is 10.2 Å². The van der Waals surface area contributed by atoms with Gasteiger partial charge < -0.3 is 14.9 Å². The fourth-order valence-corrected chi connectivity index (χ4v) is 1.25. The average molecular weight is 218 g/mol. The summed E-state index contributed by atoms with van der Waals surface area (Å²) >= 11 is 0. The molecule has 0 aliphatic heterocycles. The van der Waals surface area contributed by atoms with E-state index in [1.165, 1.54) is 0 Å². The Kier molecular flexibility index (Phi) is 5.36. The van der Waals surface area contributed by atoms with Crippen LogP contribution in [0.15, 0.2) is 0 Å². The van der Waals surface area contributed by atoms with E-state index in [1.807, 2.05) is 0 Å². The van der Waals surface area contributed by atoms with Crippen molar-refractivity contribution in [3.05, 3.63) is 0 Å². The van der Waals surface area contributed by atoms with Crippen LogP contribution in [0.1, 0.15) is 26.7 Å². The minimum absolute atomic E-state index is 0.209. The lowest BCUT2D eigenvalue weighted by Gasteiger charge is -2.20. The van der Waals surface area contributed by atoms with Crippen molar-refractivity contribution in [3.63, 3.8) is 0 Å². The largest absolute Gasteiger partial charge is 0.481 e. The highest BCUT2D eigenvalue weighted by molar-refractivity contribution is 5.75. The number of carboxylic acids is 2. The molecular formula is C9H14O6. The van der Waals surface area contributed by atoms with Crippen molar-refractivity contribution in [2.45, 2.75) is 32.8 Å². The van der Waals surface area contributed by atoms with Crippen molar-refractivity contribution in [1.29, 1.82) is 0 Å². The van der Waals surface area contributed by atoms with Crippen molar-refractivity contribution < 1.29 is 29.3 Å². The summed E-state index contributed by atoms with van der Waals surface area (Å²) in [7, 11) is 0. The predicted molar refractivity (Wildman–Crippen MR) is 49.2 cm³/mol. The molecule has 0 amide bonds. The number of esters is 1. The van der Waals surface area contributed by atoms with E-state index >= 15 is 0 Å². The number of hydrogen-bond donors (Lipinski definition) is 2. The van der Waals surface area contributed by atoms with Gasteiger partial charge in [0.1, 0.15) is 6.10 Å². The summed E-state index contributed by atoms with van der Waals surface area (Å²) < 4.78 is 4.67. The normalized spacial score (nSPS) is 14.0. The standard InChI is InChI=1S/C9H14O6/c1-3-6(9(13)14)7(4-8(11)12)15-5(2)10/h6-7H,3-4H2,1-2H3,(H,11,12)(H,13,14). The molecule has 2 atom stereocenters. The minimum Gasteiger partial charge on any atom is -0.481 e. The first-order valence-electron chi connectivity index (χ1n) is 4.50. The van der Waals surface area contributed by atoms with Gasteiger partial charge in [0.05, 0.1) is 12.3 Å². The van der Waals surface area contributed by atoms with Crippen molar-refractivity contribution in [1.82, 2.24) is 0 Å². The van der Waals surface area contributed by atoms with Crippen molar-refractivity contribution >= 4 is 17.9 Å². The molecule has 6 heteroatoms. The van der Waals surface area contributed by atoms with Gasteiger partial charge in [-0.25, -0.2) is 0 Å². The molecule has 0 radical (unpaired) electrons. The summed E-state index contributed by atoms with van der Waals surface area (Å²) in [5.74, 6) is -4.02. The van der Waals surface area contributed by atoms with Crippen LogP contribution in [0.2, 0.25) is 0 Å². The first kappa shape index (κ1) is 13.4. The highest BCUT2D eigenvalue weighted by atomic mass is 16.5. The molecule has 0 aliphatic carbocycles. The zero-order valence-electron chi connectivity index (χ0n) is 8.60. The van der Waals surface area contributed by atoms with Gasteiger partial charge in [0.15, 0.2) is 0 Å². The van der Waals surface area contributed by atoms with Crippen LogP contribution < -0.4 is 0 Å². The molecule has 0 saturated heterocycles. The van der Waals surface area contributed by atoms with Crippen molar-refractivity contribution in [2.75, 3.05) is 0 Å². The lowest BCUT2D eigenvalue weighted by molar-refractivity contribution is -0.160. The third-order valence-corrected chi connectivity index (χ3v) is 1.90. The molecule has 0 aromatic carbocycles. The quantitative estimate of drug-likeness (QED) is 0.629. The van der Waals surface area contributed by atoms with E-state index in [1.54, 1.807) is 6.92 Å². The second kappa shape index (κ2) is 6.00. The molecular weight excluding hydrogens is 204 g/mol. The highest BCUT2D eigenvalue weighted by Gasteiger charge is 2.30. The Morgan fingerprint density at radius 1 is 1.27 bits per heavy atom. The maximum Gasteiger partial charge on any atom is 0.310 e. The Bertz CT molecular complexity index is 243. The number of carboxylic acid groups (broad SMARTS) is 2. The fraction of sp³-hybridized carbons (Fsp3) is 0.667. The van der Waals surface area contributed by atoms with Crippen LogP contribution in [-0.4, -0.2) is 34.2 Å². The summed E-state index contributed by atoms with van der Waals surface area (Å²) in [6.07, 6.45) is -1.40. The first-order chi connectivity index (χ1) is 6.88. The fourth-order valence-electron chi connectivity index (χ4n) is 1.25. The van der Waals surface area contributed by atoms with Crippen LogP contribution in [0.3, 0.4) is 0 Å². The van der Waals surface area contributed by atoms with Crippen LogP contribution in [0.4, 0.5) is 0 Å². The van der Waals surface area contributed by atoms with Crippen LogP contribution in [0, 0.1) is 5.92 Å². The topological polar surface area (TPSA) is 101 Å². The smallest absolute Gasteiger partial charge is 0.310 e. The number of rotatable bonds is 6. The second-order valence-corrected chi connectivity index (χ2v) is 3.10. The van der Waals surface area contributed by atoms with E-state index < -0.39 is 36.4 Å². The minimum atomic E-state index is -1.19. The Balaban J connectivity index is 4.64. The number of carbonyl (C=O) groups is 3. The van der Waals surface area contributed by atoms with E-state index in [0.717, 1.165) is 6.92 Å². The van der Waals surface area contributed by atoms with E-state index in [0.29, 0.717) is 0 Å². The number of carbonyl (C=O) groups excluding carboxylic acids is 1. The second-order valence-electron chi connectivity index (χ2n) is 3.10. The number of ether oxygens (including phenoxy) is 1. The number of aliphatic carboxylic acids is 2. The van der Waals surface area contributed by atoms with Gasteiger partial charge in [0, 0.05) is 6.92 Å². The van der Waals surface area contributed by atoms with Gasteiger partial charge in [-0.1, -0.05) is 6.92 Å². The molecule has 0 rings (SSSR count). The van der Waals surface area contributed by atoms with Gasteiger partial charge in [-0.15, -0.1) is 0 Å². The molecule has 0 saturated carbocycles. The maximum absolute atomic E-state index is 10.8. The van der Waals surface area contributed by atoms with Crippen LogP contribution in [0.5, 0.6) is 0 Å². The SMILES string of the molecule is CCC(C(=O)O)C(CC(=O)O)OC(C)=O. The van der Waals surface area contributed by atoms with E-state index in [9.17, 15) is 14.4 Å². The van der Waals surface area contributed by atoms with Gasteiger partial charge in [-0.2, -0.15) is 0 Å². The third kappa shape index (κ3) is 4.99.